The summed E-state index contributed by atoms with van der Waals surface area (Å²) in [6.07, 6.45) is 14.0. The van der Waals surface area contributed by atoms with Crippen LogP contribution in [0.4, 0.5) is 17.7 Å². The first-order chi connectivity index (χ1) is 22.8. The van der Waals surface area contributed by atoms with Gasteiger partial charge in [-0.05, 0) is 12.8 Å². The molecule has 4 aliphatic rings. The molecule has 4 atom stereocenters. The van der Waals surface area contributed by atoms with E-state index in [9.17, 15) is 5.11 Å². The number of fused-ring (bicyclic) bond motifs is 2. The van der Waals surface area contributed by atoms with E-state index in [-0.39, 0.29) is 60.3 Å². The molecule has 0 saturated carbocycles. The zero-order chi connectivity index (χ0) is 33.1. The number of halogens is 1. The highest BCUT2D eigenvalue weighted by Gasteiger charge is 2.31. The molecule has 16 nitrogen and oxygen atoms in total. The molecule has 4 aromatic heterocycles. The molecule has 47 heavy (non-hydrogen) atoms. The van der Waals surface area contributed by atoms with E-state index in [1.807, 2.05) is 27.4 Å². The average molecular weight is 669 g/mol. The Labute approximate surface area is 276 Å². The summed E-state index contributed by atoms with van der Waals surface area (Å²) in [7, 11) is 3.45. The van der Waals surface area contributed by atoms with Crippen LogP contribution >= 0.6 is 11.6 Å². The van der Waals surface area contributed by atoms with E-state index in [0.29, 0.717) is 17.3 Å². The Morgan fingerprint density at radius 2 is 1.32 bits per heavy atom. The van der Waals surface area contributed by atoms with Gasteiger partial charge in [-0.15, -0.1) is 0 Å². The quantitative estimate of drug-likeness (QED) is 0.138. The lowest BCUT2D eigenvalue weighted by molar-refractivity contribution is 0.0600. The van der Waals surface area contributed by atoms with Crippen LogP contribution < -0.4 is 21.7 Å². The molecular weight excluding hydrogens is 628 g/mol. The number of imidazole rings is 2. The van der Waals surface area contributed by atoms with E-state index < -0.39 is 0 Å². The van der Waals surface area contributed by atoms with Crippen LogP contribution in [0.25, 0.3) is 22.3 Å². The summed E-state index contributed by atoms with van der Waals surface area (Å²) in [6.45, 7) is 3.95. The van der Waals surface area contributed by atoms with Crippen molar-refractivity contribution in [3.63, 3.8) is 0 Å². The summed E-state index contributed by atoms with van der Waals surface area (Å²) in [5.74, 6) is 1.52. The molecule has 0 unspecified atom stereocenters. The molecule has 2 fully saturated rings. The van der Waals surface area contributed by atoms with Gasteiger partial charge in [0.25, 0.3) is 0 Å². The number of nitrogen functional groups attached to an aromatic ring is 2. The number of rotatable bonds is 7. The Hall–Kier alpha value is -3.93. The van der Waals surface area contributed by atoms with Crippen LogP contribution in [0, 0.1) is 11.8 Å². The summed E-state index contributed by atoms with van der Waals surface area (Å²) >= 11 is 5.97. The third-order valence-corrected chi connectivity index (χ3v) is 9.12. The molecule has 4 aromatic rings. The standard InChI is InChI=1S/C15H20N6O2.C11H12ClN5O.C4H9NO/c1-23-11-5-20(6-11)13-12-14(19-15(16)18-13)21(8-17-12)10-3-2-9(4-10)7-22;12-9-8-10(16-11(13)15-9)17(5-14-8)7-2-1-6(3-7)4-18;1-6-4-2-5-3-4/h2-3,8-11,22H,4-7H2,1H3,(H2,16,18,19);1-2,5-7,18H,3-4H2,(H2,13,15,16);4-5H,2-3H2,1H3/t9-,10+;6-,7+;/m11./s1. The fraction of sp³-hybridized carbons (Fsp3) is 0.533. The van der Waals surface area contributed by atoms with Gasteiger partial charge in [-0.3, -0.25) is 0 Å². The Morgan fingerprint density at radius 3 is 1.79 bits per heavy atom. The largest absolute Gasteiger partial charge is 0.396 e. The van der Waals surface area contributed by atoms with Crippen molar-refractivity contribution in [3.05, 3.63) is 42.1 Å². The van der Waals surface area contributed by atoms with Gasteiger partial charge in [0.2, 0.25) is 11.9 Å². The van der Waals surface area contributed by atoms with Crippen molar-refractivity contribution in [1.29, 1.82) is 0 Å². The van der Waals surface area contributed by atoms with Crippen molar-refractivity contribution in [3.8, 4) is 0 Å². The summed E-state index contributed by atoms with van der Waals surface area (Å²) in [5, 5.41) is 21.8. The Balaban J connectivity index is 0.000000143. The summed E-state index contributed by atoms with van der Waals surface area (Å²) in [5.41, 5.74) is 14.2. The summed E-state index contributed by atoms with van der Waals surface area (Å²) < 4.78 is 14.2. The fourth-order valence-electron chi connectivity index (χ4n) is 5.90. The Kier molecular flexibility index (Phi) is 10.1. The van der Waals surface area contributed by atoms with Crippen LogP contribution in [0.15, 0.2) is 37.0 Å². The van der Waals surface area contributed by atoms with Crippen molar-refractivity contribution >= 4 is 51.6 Å². The first-order valence-corrected chi connectivity index (χ1v) is 15.9. The lowest BCUT2D eigenvalue weighted by Crippen LogP contribution is -2.52. The number of aromatic nitrogens is 8. The van der Waals surface area contributed by atoms with Crippen LogP contribution in [-0.2, 0) is 9.47 Å². The number of nitrogens with zero attached hydrogens (tertiary/aromatic N) is 9. The highest BCUT2D eigenvalue weighted by Crippen LogP contribution is 2.34. The molecule has 7 N–H and O–H groups in total. The van der Waals surface area contributed by atoms with Gasteiger partial charge >= 0.3 is 0 Å². The number of nitrogens with one attached hydrogen (secondary N) is 1. The van der Waals surface area contributed by atoms with Crippen LogP contribution in [-0.4, -0.2) is 115 Å². The van der Waals surface area contributed by atoms with Gasteiger partial charge in [0, 0.05) is 65.4 Å². The highest BCUT2D eigenvalue weighted by molar-refractivity contribution is 6.33. The second kappa shape index (κ2) is 14.5. The Morgan fingerprint density at radius 1 is 0.787 bits per heavy atom. The van der Waals surface area contributed by atoms with Crippen LogP contribution in [0.2, 0.25) is 5.15 Å². The molecule has 2 aliphatic carbocycles. The number of aliphatic hydroxyl groups excluding tert-OH is 2. The normalized spacial score (nSPS) is 23.8. The zero-order valence-corrected chi connectivity index (χ0v) is 27.1. The van der Waals surface area contributed by atoms with Gasteiger partial charge in [-0.1, -0.05) is 35.9 Å². The van der Waals surface area contributed by atoms with E-state index >= 15 is 0 Å². The van der Waals surface area contributed by atoms with Gasteiger partial charge in [-0.2, -0.15) is 19.9 Å². The van der Waals surface area contributed by atoms with Crippen LogP contribution in [0.3, 0.4) is 0 Å². The second-order valence-corrected chi connectivity index (χ2v) is 12.3. The molecule has 2 saturated heterocycles. The highest BCUT2D eigenvalue weighted by atomic mass is 35.5. The van der Waals surface area contributed by atoms with E-state index in [0.717, 1.165) is 56.0 Å². The summed E-state index contributed by atoms with van der Waals surface area (Å²) in [6, 6.07) is 0.264. The topological polar surface area (TPSA) is 213 Å². The number of ether oxygens (including phenoxy) is 2. The third kappa shape index (κ3) is 7.02. The SMILES string of the molecule is COC1CN(c2nc(N)nc3c2ncn3[C@H]2C=C[C@@H](CO)C2)C1.COC1CNC1.Nc1nc(Cl)c2ncn([C@H]3C=C[C@@H](CO)C3)c2n1. The molecule has 0 aromatic carbocycles. The lowest BCUT2D eigenvalue weighted by Gasteiger charge is -2.38. The maximum Gasteiger partial charge on any atom is 0.224 e. The molecule has 0 spiro atoms. The maximum absolute atomic E-state index is 9.30. The van der Waals surface area contributed by atoms with E-state index in [4.69, 9.17) is 37.6 Å². The molecule has 2 aliphatic heterocycles. The van der Waals surface area contributed by atoms with Gasteiger partial charge in [-0.25, -0.2) is 9.97 Å². The summed E-state index contributed by atoms with van der Waals surface area (Å²) in [4.78, 5) is 27.6. The number of allylic oxidation sites excluding steroid dienone is 2. The first-order valence-electron chi connectivity index (χ1n) is 15.6. The molecule has 0 radical (unpaired) electrons. The van der Waals surface area contributed by atoms with Crippen LogP contribution in [0.1, 0.15) is 24.9 Å². The number of nitrogens with two attached hydrogens (primary N) is 2. The smallest absolute Gasteiger partial charge is 0.224 e. The zero-order valence-electron chi connectivity index (χ0n) is 26.4. The number of hydrogen-bond acceptors (Lipinski definition) is 14. The molecule has 0 amide bonds. The first kappa shape index (κ1) is 33.0. The Bertz CT molecular complexity index is 1730. The molecule has 0 bridgehead atoms. The number of methoxy groups -OCH3 is 2. The molecular formula is C30H41ClN12O4. The molecule has 8 rings (SSSR count). The minimum Gasteiger partial charge on any atom is -0.396 e. The van der Waals surface area contributed by atoms with E-state index in [2.05, 4.69) is 46.2 Å². The van der Waals surface area contributed by atoms with Crippen molar-refractivity contribution < 1.29 is 19.7 Å². The van der Waals surface area contributed by atoms with Crippen molar-refractivity contribution in [2.75, 3.05) is 70.0 Å². The minimum absolute atomic E-state index is 0.123. The van der Waals surface area contributed by atoms with Gasteiger partial charge in [0.15, 0.2) is 27.8 Å². The van der Waals surface area contributed by atoms with E-state index in [1.54, 1.807) is 26.9 Å². The maximum atomic E-state index is 9.30. The predicted molar refractivity (Wildman–Crippen MR) is 178 cm³/mol. The number of anilines is 3. The van der Waals surface area contributed by atoms with E-state index in [1.165, 1.54) is 0 Å². The van der Waals surface area contributed by atoms with Crippen molar-refractivity contribution in [2.24, 2.45) is 11.8 Å². The van der Waals surface area contributed by atoms with Crippen molar-refractivity contribution in [1.82, 2.24) is 44.4 Å². The fourth-order valence-corrected chi connectivity index (χ4v) is 6.12. The third-order valence-electron chi connectivity index (χ3n) is 8.86. The van der Waals surface area contributed by atoms with Crippen LogP contribution in [0.5, 0.6) is 0 Å². The monoisotopic (exact) mass is 668 g/mol. The molecule has 17 heteroatoms. The lowest BCUT2D eigenvalue weighted by atomic mass is 10.1. The second-order valence-electron chi connectivity index (χ2n) is 12.0. The van der Waals surface area contributed by atoms with Crippen molar-refractivity contribution in [2.45, 2.75) is 37.1 Å². The van der Waals surface area contributed by atoms with Gasteiger partial charge < -0.3 is 50.5 Å². The number of aliphatic hydroxyl groups is 2. The molecule has 6 heterocycles. The number of hydrogen-bond donors (Lipinski definition) is 5. The minimum atomic E-state index is 0.123. The predicted octanol–water partition coefficient (Wildman–Crippen LogP) is 1.13. The average Bonchev–Trinajstić information content (AvgIpc) is 3.82. The molecule has 252 valence electrons. The van der Waals surface area contributed by atoms with Gasteiger partial charge in [0.1, 0.15) is 5.52 Å². The van der Waals surface area contributed by atoms with Gasteiger partial charge in [0.05, 0.1) is 36.9 Å².